The number of rotatable bonds is 5. The van der Waals surface area contributed by atoms with Gasteiger partial charge >= 0.3 is 0 Å². The summed E-state index contributed by atoms with van der Waals surface area (Å²) in [4.78, 5) is 16.1. The summed E-state index contributed by atoms with van der Waals surface area (Å²) in [6.07, 6.45) is 6.37. The van der Waals surface area contributed by atoms with Crippen molar-refractivity contribution in [3.63, 3.8) is 0 Å². The van der Waals surface area contributed by atoms with Crippen molar-refractivity contribution >= 4 is 21.8 Å². The van der Waals surface area contributed by atoms with Gasteiger partial charge in [-0.2, -0.15) is 0 Å². The lowest BCUT2D eigenvalue weighted by Gasteiger charge is -2.08. The van der Waals surface area contributed by atoms with Crippen LogP contribution in [0.3, 0.4) is 0 Å². The summed E-state index contributed by atoms with van der Waals surface area (Å²) in [6, 6.07) is 5.63. The predicted molar refractivity (Wildman–Crippen MR) is 77.8 cm³/mol. The summed E-state index contributed by atoms with van der Waals surface area (Å²) in [5, 5.41) is 2.92. The van der Waals surface area contributed by atoms with E-state index >= 15 is 0 Å². The van der Waals surface area contributed by atoms with Gasteiger partial charge in [0, 0.05) is 36.2 Å². The molecule has 2 heterocycles. The number of pyridine rings is 1. The van der Waals surface area contributed by atoms with Crippen molar-refractivity contribution in [1.29, 1.82) is 0 Å². The summed E-state index contributed by atoms with van der Waals surface area (Å²) in [7, 11) is 0. The molecule has 0 saturated carbocycles. The van der Waals surface area contributed by atoms with Gasteiger partial charge in [0.05, 0.1) is 0 Å². The molecule has 0 bridgehead atoms. The zero-order valence-corrected chi connectivity index (χ0v) is 12.4. The van der Waals surface area contributed by atoms with E-state index in [1.54, 1.807) is 12.4 Å². The molecule has 0 spiro atoms. The second kappa shape index (κ2) is 6.52. The molecule has 0 aliphatic carbocycles. The van der Waals surface area contributed by atoms with Gasteiger partial charge in [0.15, 0.2) is 0 Å². The molecular formula is C14H16BrN3O. The summed E-state index contributed by atoms with van der Waals surface area (Å²) < 4.78 is 2.89. The topological polar surface area (TPSA) is 46.9 Å². The Morgan fingerprint density at radius 3 is 2.84 bits per heavy atom. The van der Waals surface area contributed by atoms with Gasteiger partial charge in [-0.05, 0) is 46.1 Å². The molecule has 2 aromatic heterocycles. The molecule has 1 amide bonds. The third-order valence-electron chi connectivity index (χ3n) is 2.76. The molecule has 0 radical (unpaired) electrons. The van der Waals surface area contributed by atoms with Crippen molar-refractivity contribution in [2.75, 3.05) is 0 Å². The van der Waals surface area contributed by atoms with Gasteiger partial charge in [0.25, 0.3) is 5.91 Å². The van der Waals surface area contributed by atoms with E-state index in [-0.39, 0.29) is 5.91 Å². The highest BCUT2D eigenvalue weighted by molar-refractivity contribution is 9.10. The fourth-order valence-electron chi connectivity index (χ4n) is 1.86. The quantitative estimate of drug-likeness (QED) is 0.920. The Morgan fingerprint density at radius 1 is 1.42 bits per heavy atom. The minimum absolute atomic E-state index is 0.0593. The molecule has 5 heteroatoms. The Bertz CT molecular complexity index is 551. The van der Waals surface area contributed by atoms with E-state index < -0.39 is 0 Å². The number of carbonyl (C=O) groups excluding carboxylic acids is 1. The van der Waals surface area contributed by atoms with Gasteiger partial charge in [-0.1, -0.05) is 6.92 Å². The van der Waals surface area contributed by atoms with Crippen LogP contribution in [0.4, 0.5) is 0 Å². The first kappa shape index (κ1) is 13.8. The highest BCUT2D eigenvalue weighted by atomic mass is 79.9. The van der Waals surface area contributed by atoms with Crippen LogP contribution in [0.1, 0.15) is 29.4 Å². The Morgan fingerprint density at radius 2 is 2.16 bits per heavy atom. The summed E-state index contributed by atoms with van der Waals surface area (Å²) in [5.74, 6) is -0.0593. The predicted octanol–water partition coefficient (Wildman–Crippen LogP) is 2.99. The third-order valence-corrected chi connectivity index (χ3v) is 3.20. The second-order valence-electron chi connectivity index (χ2n) is 4.28. The molecule has 0 aliphatic rings. The van der Waals surface area contributed by atoms with Gasteiger partial charge in [0.2, 0.25) is 0 Å². The number of aryl methyl sites for hydroxylation is 1. The average molecular weight is 322 g/mol. The monoisotopic (exact) mass is 321 g/mol. The van der Waals surface area contributed by atoms with Crippen LogP contribution in [0.25, 0.3) is 0 Å². The average Bonchev–Trinajstić information content (AvgIpc) is 2.79. The van der Waals surface area contributed by atoms with Gasteiger partial charge in [0.1, 0.15) is 5.69 Å². The minimum atomic E-state index is -0.0593. The first-order chi connectivity index (χ1) is 9.20. The van der Waals surface area contributed by atoms with Crippen LogP contribution in [-0.2, 0) is 13.1 Å². The fraction of sp³-hybridized carbons (Fsp3) is 0.286. The molecule has 2 rings (SSSR count). The van der Waals surface area contributed by atoms with Crippen LogP contribution in [0.5, 0.6) is 0 Å². The van der Waals surface area contributed by atoms with Crippen molar-refractivity contribution in [1.82, 2.24) is 14.9 Å². The maximum atomic E-state index is 12.2. The summed E-state index contributed by atoms with van der Waals surface area (Å²) in [5.41, 5.74) is 1.72. The lowest BCUT2D eigenvalue weighted by Crippen LogP contribution is -2.25. The van der Waals surface area contributed by atoms with Crippen LogP contribution in [-0.4, -0.2) is 15.5 Å². The van der Waals surface area contributed by atoms with Gasteiger partial charge in [-0.15, -0.1) is 0 Å². The van der Waals surface area contributed by atoms with Gasteiger partial charge in [-0.25, -0.2) is 0 Å². The molecule has 4 nitrogen and oxygen atoms in total. The number of aromatic nitrogens is 2. The van der Waals surface area contributed by atoms with E-state index in [1.165, 1.54) is 0 Å². The Kier molecular flexibility index (Phi) is 4.74. The van der Waals surface area contributed by atoms with E-state index in [0.717, 1.165) is 23.0 Å². The molecule has 100 valence electrons. The van der Waals surface area contributed by atoms with Crippen LogP contribution < -0.4 is 5.32 Å². The highest BCUT2D eigenvalue weighted by Crippen LogP contribution is 2.15. The molecule has 0 aliphatic heterocycles. The van der Waals surface area contributed by atoms with Gasteiger partial charge < -0.3 is 9.88 Å². The van der Waals surface area contributed by atoms with Crippen molar-refractivity contribution in [3.8, 4) is 0 Å². The lowest BCUT2D eigenvalue weighted by molar-refractivity contribution is 0.0941. The number of nitrogens with one attached hydrogen (secondary N) is 1. The zero-order chi connectivity index (χ0) is 13.7. The highest BCUT2D eigenvalue weighted by Gasteiger charge is 2.12. The van der Waals surface area contributed by atoms with Crippen LogP contribution in [0.2, 0.25) is 0 Å². The molecule has 0 fully saturated rings. The van der Waals surface area contributed by atoms with Crippen molar-refractivity contribution < 1.29 is 4.79 Å². The van der Waals surface area contributed by atoms with Crippen molar-refractivity contribution in [3.05, 3.63) is 52.5 Å². The molecule has 0 unspecified atom stereocenters. The maximum Gasteiger partial charge on any atom is 0.268 e. The fourth-order valence-corrected chi connectivity index (χ4v) is 2.33. The molecular weight excluding hydrogens is 306 g/mol. The van der Waals surface area contributed by atoms with E-state index in [4.69, 9.17) is 0 Å². The normalized spacial score (nSPS) is 10.4. The first-order valence-electron chi connectivity index (χ1n) is 6.23. The molecule has 1 N–H and O–H groups in total. The van der Waals surface area contributed by atoms with Gasteiger partial charge in [-0.3, -0.25) is 9.78 Å². The van der Waals surface area contributed by atoms with E-state index in [0.29, 0.717) is 12.2 Å². The van der Waals surface area contributed by atoms with E-state index in [9.17, 15) is 4.79 Å². The van der Waals surface area contributed by atoms with E-state index in [2.05, 4.69) is 33.2 Å². The molecule has 0 aromatic carbocycles. The van der Waals surface area contributed by atoms with Crippen LogP contribution in [0.15, 0.2) is 41.3 Å². The number of nitrogens with zero attached hydrogens (tertiary/aromatic N) is 2. The van der Waals surface area contributed by atoms with Crippen LogP contribution in [0, 0.1) is 0 Å². The summed E-state index contributed by atoms with van der Waals surface area (Å²) >= 11 is 3.41. The van der Waals surface area contributed by atoms with E-state index in [1.807, 2.05) is 29.0 Å². The zero-order valence-electron chi connectivity index (χ0n) is 10.8. The van der Waals surface area contributed by atoms with Crippen LogP contribution >= 0.6 is 15.9 Å². The third kappa shape index (κ3) is 3.67. The second-order valence-corrected chi connectivity index (χ2v) is 5.19. The number of amides is 1. The number of hydrogen-bond acceptors (Lipinski definition) is 2. The summed E-state index contributed by atoms with van der Waals surface area (Å²) in [6.45, 7) is 3.44. The smallest absolute Gasteiger partial charge is 0.268 e. The SMILES string of the molecule is CCCn1cc(Br)cc1C(=O)NCc1ccncc1. The largest absolute Gasteiger partial charge is 0.347 e. The lowest BCUT2D eigenvalue weighted by atomic mass is 10.2. The number of hydrogen-bond donors (Lipinski definition) is 1. The number of halogens is 1. The molecule has 0 saturated heterocycles. The number of carbonyl (C=O) groups is 1. The van der Waals surface area contributed by atoms with Crippen molar-refractivity contribution in [2.24, 2.45) is 0 Å². The minimum Gasteiger partial charge on any atom is -0.347 e. The van der Waals surface area contributed by atoms with Crippen molar-refractivity contribution in [2.45, 2.75) is 26.4 Å². The molecule has 0 atom stereocenters. The maximum absolute atomic E-state index is 12.2. The molecule has 19 heavy (non-hydrogen) atoms. The first-order valence-corrected chi connectivity index (χ1v) is 7.02. The Hall–Kier alpha value is -1.62. The standard InChI is InChI=1S/C14H16BrN3O/c1-2-7-18-10-12(15)8-13(18)14(19)17-9-11-3-5-16-6-4-11/h3-6,8,10H,2,7,9H2,1H3,(H,17,19). The molecule has 2 aromatic rings. The Labute approximate surface area is 121 Å². The Balaban J connectivity index is 2.03.